The zero-order valence-electron chi connectivity index (χ0n) is 7.80. The Balaban J connectivity index is 3.90. The van der Waals surface area contributed by atoms with Crippen LogP contribution in [-0.4, -0.2) is 11.5 Å². The highest BCUT2D eigenvalue weighted by molar-refractivity contribution is 6.20. The summed E-state index contributed by atoms with van der Waals surface area (Å²) in [6.45, 7) is 7.86. The predicted molar refractivity (Wildman–Crippen MR) is 48.4 cm³/mol. The summed E-state index contributed by atoms with van der Waals surface area (Å²) in [5.41, 5.74) is 0. The topological polar surface area (TPSA) is 19.9 Å². The molecule has 4 atom stereocenters. The highest BCUT2D eigenvalue weighted by Crippen LogP contribution is 2.21. The second-order valence-corrected chi connectivity index (χ2v) is 4.08. The molecular weight excluding hydrogens is 160 g/mol. The summed E-state index contributed by atoms with van der Waals surface area (Å²) in [5, 5.41) is 11.5. The van der Waals surface area contributed by atoms with Crippen LogP contribution in [0.4, 0.5) is 0 Å². The molecule has 0 saturated heterocycles. The molecule has 1 nitrogen and oxygen atoms in total. The van der Waals surface area contributed by atoms with E-state index in [1.807, 2.05) is 27.7 Å². The van der Waals surface area contributed by atoms with Gasteiger partial charge in [0, 0.05) is 11.3 Å². The fourth-order valence-corrected chi connectivity index (χ4v) is 1.16. The van der Waals surface area contributed by atoms with E-state index < -0.39 is 6.10 Å². The average molecular weight is 178 g/mol. The quantitative estimate of drug-likeness (QED) is 0.589. The lowest BCUT2D eigenvalue weighted by Gasteiger charge is -2.23. The molecule has 0 amide bonds. The second kappa shape index (κ2) is 5.00. The third kappa shape index (κ3) is 3.44. The molecule has 11 heavy (non-hydrogen) atoms. The molecule has 0 heterocycles. The fourth-order valence-electron chi connectivity index (χ4n) is 1.01. The van der Waals surface area contributed by atoms with Gasteiger partial charge in [0.15, 0.2) is 0 Å². The Morgan fingerprint density at radius 1 is 1.27 bits per heavy atom. The van der Waals surface area contributed by atoms with Gasteiger partial charge in [-0.3, -0.25) is 0 Å². The van der Waals surface area contributed by atoms with Crippen LogP contribution in [0.5, 0.6) is 0 Å². The van der Waals surface area contributed by atoms with Gasteiger partial charge in [0.05, 0.1) is 6.10 Å². The lowest BCUT2D eigenvalue weighted by atomic mass is 9.90. The molecule has 0 bridgehead atoms. The lowest BCUT2D eigenvalue weighted by molar-refractivity contribution is -0.000128. The minimum absolute atomic E-state index is 0.00787. The average Bonchev–Trinajstić information content (AvgIpc) is 2.00. The van der Waals surface area contributed by atoms with Crippen molar-refractivity contribution in [1.29, 1.82) is 0 Å². The van der Waals surface area contributed by atoms with Gasteiger partial charge in [-0.2, -0.15) is 0 Å². The van der Waals surface area contributed by atoms with E-state index in [1.54, 1.807) is 0 Å². The highest BCUT2D eigenvalue weighted by Gasteiger charge is 2.24. The summed E-state index contributed by atoms with van der Waals surface area (Å²) in [6, 6.07) is 0. The molecule has 1 radical (unpaired) electrons. The second-order valence-electron chi connectivity index (χ2n) is 3.39. The van der Waals surface area contributed by atoms with Gasteiger partial charge in [-0.25, -0.2) is 5.11 Å². The lowest BCUT2D eigenvalue weighted by Crippen LogP contribution is -2.28. The van der Waals surface area contributed by atoms with Gasteiger partial charge in [-0.15, -0.1) is 11.6 Å². The van der Waals surface area contributed by atoms with Crippen LogP contribution in [0.15, 0.2) is 0 Å². The molecule has 0 aromatic rings. The van der Waals surface area contributed by atoms with Crippen molar-refractivity contribution in [3.63, 3.8) is 0 Å². The molecule has 0 N–H and O–H groups in total. The standard InChI is InChI=1S/C9H18ClO/c1-5-6(2)9(11)7(3)8(4)10/h6-9H,5H2,1-4H3. The predicted octanol–water partition coefficient (Wildman–Crippen LogP) is 3.10. The molecule has 0 saturated carbocycles. The Morgan fingerprint density at radius 3 is 2.00 bits per heavy atom. The molecule has 0 aliphatic rings. The number of hydrogen-bond acceptors (Lipinski definition) is 0. The third-order valence-electron chi connectivity index (χ3n) is 2.45. The Bertz CT molecular complexity index is 104. The first-order valence-electron chi connectivity index (χ1n) is 4.30. The van der Waals surface area contributed by atoms with E-state index in [0.717, 1.165) is 6.42 Å². The maximum Gasteiger partial charge on any atom is 0.0994 e. The molecule has 0 aliphatic carbocycles. The molecule has 67 valence electrons. The summed E-state index contributed by atoms with van der Waals surface area (Å²) in [4.78, 5) is 0. The Kier molecular flexibility index (Phi) is 5.11. The molecule has 2 heteroatoms. The van der Waals surface area contributed by atoms with Gasteiger partial charge in [-0.05, 0) is 12.8 Å². The summed E-state index contributed by atoms with van der Waals surface area (Å²) >= 11 is 5.82. The van der Waals surface area contributed by atoms with Crippen LogP contribution in [0.25, 0.3) is 0 Å². The van der Waals surface area contributed by atoms with Crippen LogP contribution in [0.2, 0.25) is 0 Å². The minimum atomic E-state index is -0.507. The summed E-state index contributed by atoms with van der Waals surface area (Å²) in [5.74, 6) is 0.317. The number of rotatable bonds is 4. The van der Waals surface area contributed by atoms with Gasteiger partial charge in [0.2, 0.25) is 0 Å². The van der Waals surface area contributed by atoms with Crippen molar-refractivity contribution in [2.45, 2.75) is 45.6 Å². The van der Waals surface area contributed by atoms with E-state index in [4.69, 9.17) is 11.6 Å². The van der Waals surface area contributed by atoms with Crippen molar-refractivity contribution in [3.05, 3.63) is 0 Å². The van der Waals surface area contributed by atoms with Crippen molar-refractivity contribution in [2.24, 2.45) is 11.8 Å². The van der Waals surface area contributed by atoms with Crippen molar-refractivity contribution < 1.29 is 5.11 Å². The monoisotopic (exact) mass is 177 g/mol. The third-order valence-corrected chi connectivity index (χ3v) is 2.84. The molecule has 0 aromatic heterocycles. The normalized spacial score (nSPS) is 22.4. The molecule has 0 aromatic carbocycles. The van der Waals surface area contributed by atoms with E-state index >= 15 is 0 Å². The zero-order valence-corrected chi connectivity index (χ0v) is 8.56. The van der Waals surface area contributed by atoms with Crippen molar-refractivity contribution in [3.8, 4) is 0 Å². The Labute approximate surface area is 74.8 Å². The zero-order chi connectivity index (χ0) is 9.02. The van der Waals surface area contributed by atoms with Crippen molar-refractivity contribution in [1.82, 2.24) is 0 Å². The number of alkyl halides is 1. The first-order valence-corrected chi connectivity index (χ1v) is 4.74. The van der Waals surface area contributed by atoms with Crippen LogP contribution >= 0.6 is 11.6 Å². The largest absolute Gasteiger partial charge is 0.232 e. The van der Waals surface area contributed by atoms with Crippen molar-refractivity contribution in [2.75, 3.05) is 0 Å². The van der Waals surface area contributed by atoms with Crippen LogP contribution in [0, 0.1) is 11.8 Å². The van der Waals surface area contributed by atoms with E-state index in [9.17, 15) is 5.11 Å². The van der Waals surface area contributed by atoms with Crippen LogP contribution < -0.4 is 0 Å². The van der Waals surface area contributed by atoms with Crippen molar-refractivity contribution >= 4 is 11.6 Å². The van der Waals surface area contributed by atoms with Crippen LogP contribution in [-0.2, 0) is 5.11 Å². The highest BCUT2D eigenvalue weighted by atomic mass is 35.5. The maximum absolute atomic E-state index is 11.5. The van der Waals surface area contributed by atoms with E-state index in [-0.39, 0.29) is 17.2 Å². The Morgan fingerprint density at radius 2 is 1.73 bits per heavy atom. The summed E-state index contributed by atoms with van der Waals surface area (Å²) < 4.78 is 0. The van der Waals surface area contributed by atoms with E-state index in [2.05, 4.69) is 0 Å². The van der Waals surface area contributed by atoms with E-state index in [0.29, 0.717) is 0 Å². The molecule has 0 spiro atoms. The van der Waals surface area contributed by atoms with Crippen LogP contribution in [0.1, 0.15) is 34.1 Å². The SMILES string of the molecule is CCC(C)C([O])C(C)C(C)Cl. The smallest absolute Gasteiger partial charge is 0.0994 e. The molecule has 0 rings (SSSR count). The van der Waals surface area contributed by atoms with Gasteiger partial charge >= 0.3 is 0 Å². The van der Waals surface area contributed by atoms with Crippen LogP contribution in [0.3, 0.4) is 0 Å². The maximum atomic E-state index is 11.5. The number of hydrogen-bond donors (Lipinski definition) is 0. The van der Waals surface area contributed by atoms with Gasteiger partial charge in [-0.1, -0.05) is 27.2 Å². The first kappa shape index (κ1) is 11.2. The summed E-state index contributed by atoms with van der Waals surface area (Å²) in [6.07, 6.45) is 0.440. The molecule has 0 aliphatic heterocycles. The Hall–Kier alpha value is 0.250. The van der Waals surface area contributed by atoms with Gasteiger partial charge < -0.3 is 0 Å². The molecular formula is C9H18ClO. The van der Waals surface area contributed by atoms with Gasteiger partial charge in [0.1, 0.15) is 0 Å². The number of halogens is 1. The summed E-state index contributed by atoms with van der Waals surface area (Å²) in [7, 11) is 0. The molecule has 4 unspecified atom stereocenters. The van der Waals surface area contributed by atoms with Gasteiger partial charge in [0.25, 0.3) is 0 Å². The van der Waals surface area contributed by atoms with E-state index in [1.165, 1.54) is 0 Å². The fraction of sp³-hybridized carbons (Fsp3) is 1.00. The molecule has 0 fully saturated rings. The first-order chi connectivity index (χ1) is 5.00. The minimum Gasteiger partial charge on any atom is -0.232 e.